The van der Waals surface area contributed by atoms with Crippen molar-refractivity contribution >= 4 is 21.4 Å². The van der Waals surface area contributed by atoms with Gasteiger partial charge < -0.3 is 4.74 Å². The summed E-state index contributed by atoms with van der Waals surface area (Å²) in [6.45, 7) is 0.711. The second kappa shape index (κ2) is 9.76. The van der Waals surface area contributed by atoms with Gasteiger partial charge in [-0.2, -0.15) is 5.10 Å². The van der Waals surface area contributed by atoms with Gasteiger partial charge in [-0.3, -0.25) is 25.0 Å². The molecule has 0 aliphatic carbocycles. The molecule has 3 aromatic rings. The minimum atomic E-state index is -4.36. The summed E-state index contributed by atoms with van der Waals surface area (Å²) in [5.41, 5.74) is -0.957. The van der Waals surface area contributed by atoms with Crippen LogP contribution in [0.25, 0.3) is 11.3 Å². The number of nitro benzene ring substituents is 2. The fraction of sp³-hybridized carbons (Fsp3) is 0.200. The molecule has 0 unspecified atom stereocenters. The fourth-order valence-corrected chi connectivity index (χ4v) is 4.15. The normalized spacial score (nSPS) is 11.2. The first-order chi connectivity index (χ1) is 16.0. The maximum absolute atomic E-state index is 12.6. The second-order valence-electron chi connectivity index (χ2n) is 7.01. The molecule has 0 amide bonds. The van der Waals surface area contributed by atoms with E-state index in [9.17, 15) is 33.4 Å². The predicted octanol–water partition coefficient (Wildman–Crippen LogP) is 2.02. The molecule has 178 valence electrons. The van der Waals surface area contributed by atoms with Gasteiger partial charge in [0.1, 0.15) is 11.3 Å². The maximum Gasteiger partial charge on any atom is 0.280 e. The van der Waals surface area contributed by atoms with Gasteiger partial charge in [0.2, 0.25) is 10.0 Å². The first kappa shape index (κ1) is 24.5. The Bertz CT molecular complexity index is 1380. The first-order valence-electron chi connectivity index (χ1n) is 9.69. The number of nitrogens with one attached hydrogen (secondary N) is 1. The molecule has 2 aromatic carbocycles. The Hall–Kier alpha value is -4.17. The number of ether oxygens (including phenoxy) is 1. The zero-order valence-electron chi connectivity index (χ0n) is 18.0. The molecule has 0 saturated carbocycles. The van der Waals surface area contributed by atoms with Gasteiger partial charge in [-0.15, -0.1) is 0 Å². The number of rotatable bonds is 9. The van der Waals surface area contributed by atoms with Crippen molar-refractivity contribution in [1.29, 1.82) is 0 Å². The van der Waals surface area contributed by atoms with Gasteiger partial charge >= 0.3 is 0 Å². The highest BCUT2D eigenvalue weighted by Gasteiger charge is 2.27. The van der Waals surface area contributed by atoms with Crippen molar-refractivity contribution in [2.24, 2.45) is 0 Å². The lowest BCUT2D eigenvalue weighted by atomic mass is 10.1. The Morgan fingerprint density at radius 2 is 1.62 bits per heavy atom. The molecule has 13 nitrogen and oxygen atoms in total. The second-order valence-corrected chi connectivity index (χ2v) is 8.77. The fourth-order valence-electron chi connectivity index (χ4n) is 3.09. The molecule has 34 heavy (non-hydrogen) atoms. The van der Waals surface area contributed by atoms with Crippen molar-refractivity contribution in [2.45, 2.75) is 18.4 Å². The Balaban J connectivity index is 1.81. The summed E-state index contributed by atoms with van der Waals surface area (Å²) in [4.78, 5) is 32.2. The van der Waals surface area contributed by atoms with E-state index in [4.69, 9.17) is 4.74 Å². The van der Waals surface area contributed by atoms with E-state index in [1.807, 2.05) is 0 Å². The average Bonchev–Trinajstić information content (AvgIpc) is 2.80. The van der Waals surface area contributed by atoms with Crippen LogP contribution in [-0.4, -0.2) is 41.7 Å². The minimum Gasteiger partial charge on any atom is -0.497 e. The summed E-state index contributed by atoms with van der Waals surface area (Å²) in [6, 6.07) is 11.2. The van der Waals surface area contributed by atoms with Crippen LogP contribution in [0.5, 0.6) is 5.75 Å². The van der Waals surface area contributed by atoms with E-state index in [2.05, 4.69) is 9.82 Å². The quantitative estimate of drug-likeness (QED) is 0.348. The number of aromatic nitrogens is 2. The van der Waals surface area contributed by atoms with Crippen LogP contribution in [0.15, 0.2) is 58.2 Å². The van der Waals surface area contributed by atoms with Gasteiger partial charge in [-0.1, -0.05) is 0 Å². The van der Waals surface area contributed by atoms with E-state index in [1.165, 1.54) is 19.2 Å². The smallest absolute Gasteiger partial charge is 0.280 e. The Morgan fingerprint density at radius 1 is 1.03 bits per heavy atom. The van der Waals surface area contributed by atoms with Crippen LogP contribution in [0.4, 0.5) is 11.4 Å². The molecule has 0 fully saturated rings. The summed E-state index contributed by atoms with van der Waals surface area (Å²) in [6.07, 6.45) is 0. The molecule has 0 aliphatic rings. The molecular formula is C20H19N5O8S. The molecule has 0 aliphatic heterocycles. The van der Waals surface area contributed by atoms with Crippen LogP contribution in [0, 0.1) is 27.2 Å². The summed E-state index contributed by atoms with van der Waals surface area (Å²) >= 11 is 0. The Labute approximate surface area is 193 Å². The molecule has 1 N–H and O–H groups in total. The number of hydrogen-bond donors (Lipinski definition) is 1. The highest BCUT2D eigenvalue weighted by Crippen LogP contribution is 2.31. The van der Waals surface area contributed by atoms with Crippen LogP contribution in [-0.2, 0) is 16.6 Å². The van der Waals surface area contributed by atoms with Crippen molar-refractivity contribution in [3.63, 3.8) is 0 Å². The highest BCUT2D eigenvalue weighted by molar-refractivity contribution is 7.89. The third-order valence-corrected chi connectivity index (χ3v) is 6.34. The Morgan fingerprint density at radius 3 is 2.15 bits per heavy atom. The van der Waals surface area contributed by atoms with E-state index >= 15 is 0 Å². The van der Waals surface area contributed by atoms with E-state index in [0.717, 1.165) is 23.7 Å². The highest BCUT2D eigenvalue weighted by atomic mass is 32.2. The van der Waals surface area contributed by atoms with Gasteiger partial charge in [0.15, 0.2) is 0 Å². The van der Waals surface area contributed by atoms with Crippen molar-refractivity contribution in [2.75, 3.05) is 13.7 Å². The number of nitrogens with zero attached hydrogens (tertiary/aromatic N) is 4. The topological polar surface area (TPSA) is 177 Å². The molecule has 1 aromatic heterocycles. The molecule has 0 spiro atoms. The van der Waals surface area contributed by atoms with Gasteiger partial charge in [-0.25, -0.2) is 17.8 Å². The molecule has 3 rings (SSSR count). The lowest BCUT2D eigenvalue weighted by Crippen LogP contribution is -2.32. The largest absolute Gasteiger partial charge is 0.497 e. The average molecular weight is 489 g/mol. The molecule has 1 heterocycles. The lowest BCUT2D eigenvalue weighted by molar-refractivity contribution is -0.395. The van der Waals surface area contributed by atoms with E-state index in [-0.39, 0.29) is 18.7 Å². The number of methoxy groups -OCH3 is 1. The summed E-state index contributed by atoms with van der Waals surface area (Å²) in [7, 11) is -2.83. The number of nitro groups is 2. The zero-order valence-corrected chi connectivity index (χ0v) is 18.8. The van der Waals surface area contributed by atoms with Crippen molar-refractivity contribution in [3.05, 3.63) is 84.7 Å². The lowest BCUT2D eigenvalue weighted by Gasteiger charge is -2.10. The van der Waals surface area contributed by atoms with Crippen LogP contribution in [0.2, 0.25) is 0 Å². The van der Waals surface area contributed by atoms with Gasteiger partial charge in [0.05, 0.1) is 34.1 Å². The van der Waals surface area contributed by atoms with E-state index < -0.39 is 41.7 Å². The number of benzene rings is 2. The maximum atomic E-state index is 12.6. The van der Waals surface area contributed by atoms with Gasteiger partial charge in [-0.05, 0) is 37.3 Å². The molecule has 0 bridgehead atoms. The number of hydrogen-bond acceptors (Lipinski definition) is 9. The third kappa shape index (κ3) is 5.24. The third-order valence-electron chi connectivity index (χ3n) is 4.90. The van der Waals surface area contributed by atoms with Crippen LogP contribution < -0.4 is 15.0 Å². The van der Waals surface area contributed by atoms with Crippen molar-refractivity contribution in [1.82, 2.24) is 14.5 Å². The van der Waals surface area contributed by atoms with Gasteiger partial charge in [0.25, 0.3) is 16.9 Å². The van der Waals surface area contributed by atoms with Crippen LogP contribution >= 0.6 is 0 Å². The van der Waals surface area contributed by atoms with Crippen LogP contribution in [0.3, 0.4) is 0 Å². The van der Waals surface area contributed by atoms with Gasteiger partial charge in [0, 0.05) is 30.3 Å². The standard InChI is InChI=1S/C20H19N5O8S/c1-13-18(24(27)28)11-16(12-19(13)25(29)30)34(31,32)21-9-10-23-20(26)8-7-17(22-23)14-3-5-15(33-2)6-4-14/h3-8,11-12,21H,9-10H2,1-2H3. The SMILES string of the molecule is COc1ccc(-c2ccc(=O)n(CCNS(=O)(=O)c3cc([N+](=O)[O-])c(C)c([N+](=O)[O-])c3)n2)cc1. The molecule has 0 atom stereocenters. The zero-order chi connectivity index (χ0) is 25.0. The molecule has 14 heteroatoms. The first-order valence-corrected chi connectivity index (χ1v) is 11.2. The van der Waals surface area contributed by atoms with E-state index in [1.54, 1.807) is 24.3 Å². The summed E-state index contributed by atoms with van der Waals surface area (Å²) in [5, 5.41) is 26.6. The summed E-state index contributed by atoms with van der Waals surface area (Å²) < 4.78 is 33.6. The summed E-state index contributed by atoms with van der Waals surface area (Å²) in [5.74, 6) is 0.642. The van der Waals surface area contributed by atoms with E-state index in [0.29, 0.717) is 17.0 Å². The Kier molecular flexibility index (Phi) is 7.03. The molecule has 0 radical (unpaired) electrons. The predicted molar refractivity (Wildman–Crippen MR) is 120 cm³/mol. The molecular weight excluding hydrogens is 470 g/mol. The monoisotopic (exact) mass is 489 g/mol. The van der Waals surface area contributed by atoms with Crippen molar-refractivity contribution in [3.8, 4) is 17.0 Å². The number of sulfonamides is 1. The van der Waals surface area contributed by atoms with Crippen LogP contribution in [0.1, 0.15) is 5.56 Å². The van der Waals surface area contributed by atoms with Crippen molar-refractivity contribution < 1.29 is 23.0 Å². The molecule has 0 saturated heterocycles. The minimum absolute atomic E-state index is 0.155.